The third-order valence-corrected chi connectivity index (χ3v) is 8.67. The molecule has 4 aromatic rings. The minimum Gasteiger partial charge on any atom is -0.445 e. The Balaban J connectivity index is 1.44. The van der Waals surface area contributed by atoms with Crippen molar-refractivity contribution >= 4 is 29.4 Å². The van der Waals surface area contributed by atoms with Gasteiger partial charge in [-0.25, -0.2) is 14.6 Å². The average Bonchev–Trinajstić information content (AvgIpc) is 3.57. The van der Waals surface area contributed by atoms with E-state index in [1.54, 1.807) is 37.0 Å². The number of carbonyl (C=O) groups is 3. The van der Waals surface area contributed by atoms with Gasteiger partial charge in [-0.2, -0.15) is 0 Å². The molecule has 0 bridgehead atoms. The Bertz CT molecular complexity index is 1610. The molecular formula is C37H45N5O7S. The zero-order chi connectivity index (χ0) is 35.7. The Morgan fingerprint density at radius 3 is 2.08 bits per heavy atom. The second-order valence-corrected chi connectivity index (χ2v) is 13.1. The molecule has 0 aliphatic rings. The Morgan fingerprint density at radius 2 is 1.44 bits per heavy atom. The van der Waals surface area contributed by atoms with Gasteiger partial charge in [0, 0.05) is 36.5 Å². The number of thiazole rings is 1. The SMILES string of the molecule is COCc1nc(COC(=O)NC(C(=O)N[C@@H](Cc2ccccc2)[C@@H](O)C[C@H](Cc2ccccc2)NC(=O)OCc2cccnc2)C(C)C)cs1. The highest BCUT2D eigenvalue weighted by molar-refractivity contribution is 7.09. The van der Waals surface area contributed by atoms with Gasteiger partial charge in [0.25, 0.3) is 0 Å². The number of methoxy groups -OCH3 is 1. The van der Waals surface area contributed by atoms with Crippen LogP contribution < -0.4 is 16.0 Å². The smallest absolute Gasteiger partial charge is 0.408 e. The van der Waals surface area contributed by atoms with E-state index in [2.05, 4.69) is 25.9 Å². The summed E-state index contributed by atoms with van der Waals surface area (Å²) in [5, 5.41) is 22.8. The number of nitrogens with one attached hydrogen (secondary N) is 3. The molecule has 0 spiro atoms. The molecule has 0 fully saturated rings. The fourth-order valence-electron chi connectivity index (χ4n) is 5.26. The number of rotatable bonds is 18. The monoisotopic (exact) mass is 703 g/mol. The molecule has 0 aliphatic carbocycles. The predicted octanol–water partition coefficient (Wildman–Crippen LogP) is 4.95. The second kappa shape index (κ2) is 20.0. The van der Waals surface area contributed by atoms with E-state index in [0.717, 1.165) is 21.7 Å². The maximum Gasteiger partial charge on any atom is 0.408 e. The van der Waals surface area contributed by atoms with Crippen LogP contribution in [0.15, 0.2) is 90.6 Å². The summed E-state index contributed by atoms with van der Waals surface area (Å²) >= 11 is 1.40. The summed E-state index contributed by atoms with van der Waals surface area (Å²) in [6.45, 7) is 3.96. The van der Waals surface area contributed by atoms with Gasteiger partial charge in [0.05, 0.1) is 24.4 Å². The van der Waals surface area contributed by atoms with Crippen LogP contribution in [0.25, 0.3) is 0 Å². The minimum absolute atomic E-state index is 0.0393. The van der Waals surface area contributed by atoms with Gasteiger partial charge in [-0.05, 0) is 42.4 Å². The average molecular weight is 704 g/mol. The number of carbonyl (C=O) groups excluding carboxylic acids is 3. The number of ether oxygens (including phenoxy) is 3. The van der Waals surface area contributed by atoms with Crippen molar-refractivity contribution in [3.8, 4) is 0 Å². The van der Waals surface area contributed by atoms with Gasteiger partial charge in [0.2, 0.25) is 5.91 Å². The molecule has 0 saturated heterocycles. The van der Waals surface area contributed by atoms with Crippen LogP contribution in [0.2, 0.25) is 0 Å². The van der Waals surface area contributed by atoms with Gasteiger partial charge < -0.3 is 35.3 Å². The first-order chi connectivity index (χ1) is 24.2. The van der Waals surface area contributed by atoms with Gasteiger partial charge in [0.1, 0.15) is 24.3 Å². The van der Waals surface area contributed by atoms with Gasteiger partial charge in [-0.15, -0.1) is 11.3 Å². The lowest BCUT2D eigenvalue weighted by Gasteiger charge is -2.30. The lowest BCUT2D eigenvalue weighted by atomic mass is 9.93. The van der Waals surface area contributed by atoms with Crippen molar-refractivity contribution in [2.45, 2.75) is 77.2 Å². The Kier molecular flexibility index (Phi) is 15.2. The number of hydrogen-bond acceptors (Lipinski definition) is 10. The summed E-state index contributed by atoms with van der Waals surface area (Å²) in [6, 6.07) is 20.4. The fraction of sp³-hybridized carbons (Fsp3) is 0.378. The highest BCUT2D eigenvalue weighted by Gasteiger charge is 2.31. The molecule has 13 heteroatoms. The Morgan fingerprint density at radius 1 is 0.800 bits per heavy atom. The van der Waals surface area contributed by atoms with Crippen LogP contribution in [0.3, 0.4) is 0 Å². The van der Waals surface area contributed by atoms with Crippen LogP contribution in [0, 0.1) is 5.92 Å². The van der Waals surface area contributed by atoms with Crippen molar-refractivity contribution in [2.75, 3.05) is 7.11 Å². The van der Waals surface area contributed by atoms with Crippen LogP contribution in [0.1, 0.15) is 47.7 Å². The second-order valence-electron chi connectivity index (χ2n) is 12.2. The van der Waals surface area contributed by atoms with E-state index in [0.29, 0.717) is 25.1 Å². The molecule has 0 radical (unpaired) electrons. The molecule has 50 heavy (non-hydrogen) atoms. The molecule has 2 heterocycles. The molecule has 0 aliphatic heterocycles. The fourth-order valence-corrected chi connectivity index (χ4v) is 6.01. The van der Waals surface area contributed by atoms with E-state index < -0.39 is 42.3 Å². The number of aromatic nitrogens is 2. The molecule has 2 aromatic heterocycles. The highest BCUT2D eigenvalue weighted by atomic mass is 32.1. The van der Waals surface area contributed by atoms with Crippen molar-refractivity contribution in [3.05, 3.63) is 118 Å². The molecule has 266 valence electrons. The number of hydrogen-bond donors (Lipinski definition) is 4. The maximum absolute atomic E-state index is 13.7. The van der Waals surface area contributed by atoms with Crippen LogP contribution in [0.4, 0.5) is 9.59 Å². The van der Waals surface area contributed by atoms with Crippen molar-refractivity contribution < 1.29 is 33.7 Å². The van der Waals surface area contributed by atoms with Crippen LogP contribution in [-0.4, -0.2) is 64.5 Å². The minimum atomic E-state index is -1.09. The maximum atomic E-state index is 13.7. The summed E-state index contributed by atoms with van der Waals surface area (Å²) in [4.78, 5) is 47.8. The standard InChI is InChI=1S/C37H45N5O7S/c1-25(2)34(42-37(46)49-22-30-24-50-33(39-30)23-47-3)35(44)41-31(18-27-13-8-5-9-14-27)32(43)19-29(17-26-11-6-4-7-12-26)40-36(45)48-21-28-15-10-16-38-20-28/h4-16,20,24-25,29,31-32,34,43H,17-19,21-23H2,1-3H3,(H,40,45)(H,41,44)(H,42,46)/t29-,31-,32-,34?/m0/s1. The van der Waals surface area contributed by atoms with E-state index in [-0.39, 0.29) is 25.6 Å². The van der Waals surface area contributed by atoms with Crippen molar-refractivity contribution in [1.29, 1.82) is 0 Å². The zero-order valence-corrected chi connectivity index (χ0v) is 29.3. The van der Waals surface area contributed by atoms with Gasteiger partial charge >= 0.3 is 12.2 Å². The van der Waals surface area contributed by atoms with Crippen LogP contribution in [0.5, 0.6) is 0 Å². The van der Waals surface area contributed by atoms with Crippen LogP contribution >= 0.6 is 11.3 Å². The van der Waals surface area contributed by atoms with E-state index >= 15 is 0 Å². The summed E-state index contributed by atoms with van der Waals surface area (Å²) in [5.41, 5.74) is 3.17. The third kappa shape index (κ3) is 12.9. The first-order valence-corrected chi connectivity index (χ1v) is 17.3. The predicted molar refractivity (Wildman–Crippen MR) is 189 cm³/mol. The van der Waals surface area contributed by atoms with Crippen molar-refractivity contribution in [2.24, 2.45) is 5.92 Å². The summed E-state index contributed by atoms with van der Waals surface area (Å²) < 4.78 is 15.9. The summed E-state index contributed by atoms with van der Waals surface area (Å²) in [7, 11) is 1.58. The van der Waals surface area contributed by atoms with Gasteiger partial charge in [0.15, 0.2) is 0 Å². The molecule has 4 atom stereocenters. The summed E-state index contributed by atoms with van der Waals surface area (Å²) in [6.07, 6.45) is 1.60. The third-order valence-electron chi connectivity index (χ3n) is 7.80. The Hall–Kier alpha value is -4.85. The number of alkyl carbamates (subject to hydrolysis) is 2. The lowest BCUT2D eigenvalue weighted by Crippen LogP contribution is -2.56. The van der Waals surface area contributed by atoms with E-state index in [1.165, 1.54) is 11.3 Å². The van der Waals surface area contributed by atoms with Crippen molar-refractivity contribution in [1.82, 2.24) is 25.9 Å². The van der Waals surface area contributed by atoms with E-state index in [4.69, 9.17) is 14.2 Å². The molecule has 3 amide bonds. The Labute approximate surface area is 296 Å². The number of nitrogens with zero attached hydrogens (tertiary/aromatic N) is 2. The lowest BCUT2D eigenvalue weighted by molar-refractivity contribution is -0.125. The molecule has 4 rings (SSSR count). The van der Waals surface area contributed by atoms with Crippen LogP contribution in [-0.2, 0) is 51.7 Å². The molecule has 0 saturated carbocycles. The van der Waals surface area contributed by atoms with E-state index in [9.17, 15) is 19.5 Å². The molecule has 1 unspecified atom stereocenters. The van der Waals surface area contributed by atoms with Gasteiger partial charge in [-0.3, -0.25) is 9.78 Å². The largest absolute Gasteiger partial charge is 0.445 e. The van der Waals surface area contributed by atoms with Crippen molar-refractivity contribution in [3.63, 3.8) is 0 Å². The number of pyridine rings is 1. The summed E-state index contributed by atoms with van der Waals surface area (Å²) in [5.74, 6) is -0.775. The quantitative estimate of drug-likeness (QED) is 0.112. The first-order valence-electron chi connectivity index (χ1n) is 16.4. The topological polar surface area (TPSA) is 161 Å². The molecule has 12 nitrogen and oxygen atoms in total. The number of aliphatic hydroxyl groups excluding tert-OH is 1. The number of amides is 3. The highest BCUT2D eigenvalue weighted by Crippen LogP contribution is 2.16. The molecular weight excluding hydrogens is 659 g/mol. The van der Waals surface area contributed by atoms with Gasteiger partial charge in [-0.1, -0.05) is 80.6 Å². The molecule has 4 N–H and O–H groups in total. The number of aliphatic hydroxyl groups is 1. The normalized spacial score (nSPS) is 13.5. The van der Waals surface area contributed by atoms with E-state index in [1.807, 2.05) is 74.5 Å². The zero-order valence-electron chi connectivity index (χ0n) is 28.5. The molecule has 2 aromatic carbocycles. The number of benzene rings is 2. The first kappa shape index (κ1) is 38.0.